The molecule has 1 aliphatic heterocycles. The first-order valence-corrected chi connectivity index (χ1v) is 6.05. The average molecular weight is 256 g/mol. The van der Waals surface area contributed by atoms with E-state index in [2.05, 4.69) is 0 Å². The lowest BCUT2D eigenvalue weighted by Gasteiger charge is -2.20. The van der Waals surface area contributed by atoms with Crippen molar-refractivity contribution in [1.29, 1.82) is 0 Å². The summed E-state index contributed by atoms with van der Waals surface area (Å²) in [6.45, 7) is 0.738. The van der Waals surface area contributed by atoms with E-state index in [-0.39, 0.29) is 16.9 Å². The molecular formula is C13H15ClFNO. The molecule has 1 heterocycles. The first-order valence-electron chi connectivity index (χ1n) is 5.67. The summed E-state index contributed by atoms with van der Waals surface area (Å²) < 4.78 is 18.9. The lowest BCUT2D eigenvalue weighted by atomic mass is 9.96. The SMILES string of the molecule is NC(Cc1cccc(Cl)c1F)C1=COCCC1. The first kappa shape index (κ1) is 12.4. The number of nitrogens with two attached hydrogens (primary N) is 1. The Morgan fingerprint density at radius 3 is 3.00 bits per heavy atom. The van der Waals surface area contributed by atoms with E-state index in [9.17, 15) is 4.39 Å². The molecule has 0 fully saturated rings. The zero-order chi connectivity index (χ0) is 12.3. The number of rotatable bonds is 3. The molecule has 0 saturated carbocycles. The van der Waals surface area contributed by atoms with Crippen LogP contribution >= 0.6 is 11.6 Å². The van der Waals surface area contributed by atoms with E-state index in [4.69, 9.17) is 22.1 Å². The molecule has 0 spiro atoms. The summed E-state index contributed by atoms with van der Waals surface area (Å²) in [6, 6.07) is 4.78. The summed E-state index contributed by atoms with van der Waals surface area (Å²) >= 11 is 5.73. The maximum atomic E-state index is 13.7. The van der Waals surface area contributed by atoms with E-state index >= 15 is 0 Å². The van der Waals surface area contributed by atoms with Crippen LogP contribution in [0, 0.1) is 5.82 Å². The Bertz CT molecular complexity index is 433. The predicted octanol–water partition coefficient (Wildman–Crippen LogP) is 3.04. The molecule has 92 valence electrons. The first-order chi connectivity index (χ1) is 8.18. The van der Waals surface area contributed by atoms with E-state index in [1.54, 1.807) is 18.4 Å². The molecule has 0 radical (unpaired) electrons. The molecule has 2 nitrogen and oxygen atoms in total. The Morgan fingerprint density at radius 1 is 1.47 bits per heavy atom. The van der Waals surface area contributed by atoms with Crippen molar-refractivity contribution in [2.75, 3.05) is 6.61 Å². The van der Waals surface area contributed by atoms with Crippen molar-refractivity contribution in [1.82, 2.24) is 0 Å². The summed E-state index contributed by atoms with van der Waals surface area (Å²) in [5.41, 5.74) is 7.63. The van der Waals surface area contributed by atoms with Crippen LogP contribution < -0.4 is 5.73 Å². The van der Waals surface area contributed by atoms with Crippen LogP contribution in [0.3, 0.4) is 0 Å². The highest BCUT2D eigenvalue weighted by atomic mass is 35.5. The van der Waals surface area contributed by atoms with Crippen LogP contribution in [-0.4, -0.2) is 12.6 Å². The van der Waals surface area contributed by atoms with Crippen molar-refractivity contribution in [3.05, 3.63) is 46.4 Å². The van der Waals surface area contributed by atoms with Gasteiger partial charge in [-0.05, 0) is 36.5 Å². The maximum absolute atomic E-state index is 13.7. The van der Waals surface area contributed by atoms with Crippen LogP contribution in [0.25, 0.3) is 0 Å². The number of halogens is 2. The molecule has 4 heteroatoms. The fourth-order valence-electron chi connectivity index (χ4n) is 1.93. The number of ether oxygens (including phenoxy) is 1. The molecule has 1 unspecified atom stereocenters. The second kappa shape index (κ2) is 5.52. The third kappa shape index (κ3) is 2.99. The Hall–Kier alpha value is -1.06. The van der Waals surface area contributed by atoms with Gasteiger partial charge in [-0.3, -0.25) is 0 Å². The fourth-order valence-corrected chi connectivity index (χ4v) is 2.13. The van der Waals surface area contributed by atoms with E-state index < -0.39 is 0 Å². The van der Waals surface area contributed by atoms with Gasteiger partial charge in [-0.2, -0.15) is 0 Å². The highest BCUT2D eigenvalue weighted by Gasteiger charge is 2.16. The lowest BCUT2D eigenvalue weighted by Crippen LogP contribution is -2.27. The molecule has 0 saturated heterocycles. The van der Waals surface area contributed by atoms with Crippen LogP contribution in [0.2, 0.25) is 5.02 Å². The van der Waals surface area contributed by atoms with Gasteiger partial charge in [0.2, 0.25) is 0 Å². The molecular weight excluding hydrogens is 241 g/mol. The molecule has 0 bridgehead atoms. The van der Waals surface area contributed by atoms with Crippen molar-refractivity contribution in [3.63, 3.8) is 0 Å². The molecule has 17 heavy (non-hydrogen) atoms. The highest BCUT2D eigenvalue weighted by Crippen LogP contribution is 2.22. The molecule has 0 amide bonds. The zero-order valence-electron chi connectivity index (χ0n) is 9.46. The molecule has 2 N–H and O–H groups in total. The van der Waals surface area contributed by atoms with Gasteiger partial charge in [0, 0.05) is 6.04 Å². The summed E-state index contributed by atoms with van der Waals surface area (Å²) in [5.74, 6) is -0.373. The van der Waals surface area contributed by atoms with Gasteiger partial charge in [0.15, 0.2) is 0 Å². The zero-order valence-corrected chi connectivity index (χ0v) is 10.2. The van der Waals surface area contributed by atoms with E-state index in [0.29, 0.717) is 12.0 Å². The van der Waals surface area contributed by atoms with Gasteiger partial charge in [0.25, 0.3) is 0 Å². The van der Waals surface area contributed by atoms with Gasteiger partial charge in [-0.1, -0.05) is 23.7 Å². The Kier molecular flexibility index (Phi) is 4.02. The summed E-state index contributed by atoms with van der Waals surface area (Å²) in [5, 5.41) is 0.142. The van der Waals surface area contributed by atoms with Gasteiger partial charge >= 0.3 is 0 Å². The highest BCUT2D eigenvalue weighted by molar-refractivity contribution is 6.30. The van der Waals surface area contributed by atoms with Gasteiger partial charge in [-0.15, -0.1) is 0 Å². The van der Waals surface area contributed by atoms with Crippen LogP contribution in [0.5, 0.6) is 0 Å². The average Bonchev–Trinajstić information content (AvgIpc) is 2.36. The molecule has 2 rings (SSSR count). The van der Waals surface area contributed by atoms with Crippen molar-refractivity contribution < 1.29 is 9.13 Å². The monoisotopic (exact) mass is 255 g/mol. The van der Waals surface area contributed by atoms with Gasteiger partial charge < -0.3 is 10.5 Å². The van der Waals surface area contributed by atoms with Crippen molar-refractivity contribution >= 4 is 11.6 Å². The summed E-state index contributed by atoms with van der Waals surface area (Å²) in [6.07, 6.45) is 4.04. The third-order valence-corrected chi connectivity index (χ3v) is 3.20. The minimum Gasteiger partial charge on any atom is -0.501 e. The smallest absolute Gasteiger partial charge is 0.145 e. The molecule has 1 aliphatic rings. The number of benzene rings is 1. The molecule has 1 aromatic carbocycles. The van der Waals surface area contributed by atoms with Crippen molar-refractivity contribution in [3.8, 4) is 0 Å². The minimum absolute atomic E-state index is 0.142. The molecule has 0 aromatic heterocycles. The Labute approximate surface area is 105 Å². The minimum atomic E-state index is -0.373. The van der Waals surface area contributed by atoms with Crippen LogP contribution in [0.15, 0.2) is 30.0 Å². The van der Waals surface area contributed by atoms with Gasteiger partial charge in [0.05, 0.1) is 17.9 Å². The standard InChI is InChI=1S/C13H15ClFNO/c14-11-5-1-3-9(13(11)15)7-12(16)10-4-2-6-17-8-10/h1,3,5,8,12H,2,4,6-7,16H2. The topological polar surface area (TPSA) is 35.2 Å². The number of hydrogen-bond acceptors (Lipinski definition) is 2. The predicted molar refractivity (Wildman–Crippen MR) is 66.4 cm³/mol. The van der Waals surface area contributed by atoms with E-state index in [1.807, 2.05) is 0 Å². The number of hydrogen-bond donors (Lipinski definition) is 1. The Morgan fingerprint density at radius 2 is 2.29 bits per heavy atom. The quantitative estimate of drug-likeness (QED) is 0.901. The largest absolute Gasteiger partial charge is 0.501 e. The third-order valence-electron chi connectivity index (χ3n) is 2.91. The summed E-state index contributed by atoms with van der Waals surface area (Å²) in [4.78, 5) is 0. The van der Waals surface area contributed by atoms with Crippen LogP contribution in [0.1, 0.15) is 18.4 Å². The molecule has 1 aromatic rings. The van der Waals surface area contributed by atoms with E-state index in [0.717, 1.165) is 25.0 Å². The molecule has 0 aliphatic carbocycles. The maximum Gasteiger partial charge on any atom is 0.145 e. The Balaban J connectivity index is 2.10. The second-order valence-electron chi connectivity index (χ2n) is 4.19. The van der Waals surface area contributed by atoms with Crippen LogP contribution in [0.4, 0.5) is 4.39 Å². The van der Waals surface area contributed by atoms with Crippen molar-refractivity contribution in [2.45, 2.75) is 25.3 Å². The van der Waals surface area contributed by atoms with Crippen molar-refractivity contribution in [2.24, 2.45) is 5.73 Å². The van der Waals surface area contributed by atoms with Gasteiger partial charge in [0.1, 0.15) is 5.82 Å². The van der Waals surface area contributed by atoms with Gasteiger partial charge in [-0.25, -0.2) is 4.39 Å². The van der Waals surface area contributed by atoms with Crippen LogP contribution in [-0.2, 0) is 11.2 Å². The summed E-state index contributed by atoms with van der Waals surface area (Å²) in [7, 11) is 0. The fraction of sp³-hybridized carbons (Fsp3) is 0.385. The lowest BCUT2D eigenvalue weighted by molar-refractivity contribution is 0.221. The van der Waals surface area contributed by atoms with E-state index in [1.165, 1.54) is 6.07 Å². The second-order valence-corrected chi connectivity index (χ2v) is 4.60. The normalized spacial score (nSPS) is 17.2. The molecule has 1 atom stereocenters.